The highest BCUT2D eigenvalue weighted by Gasteiger charge is 2.27. The van der Waals surface area contributed by atoms with Crippen LogP contribution < -0.4 is 10.6 Å². The Balaban J connectivity index is 1.37. The normalized spacial score (nSPS) is 12.5. The second kappa shape index (κ2) is 13.5. The number of carbonyl (C=O) groups is 2. The van der Waals surface area contributed by atoms with Gasteiger partial charge in [-0.05, 0) is 69.2 Å². The molecule has 2 N–H and O–H groups in total. The lowest BCUT2D eigenvalue weighted by atomic mass is 9.98. The van der Waals surface area contributed by atoms with Crippen LogP contribution in [-0.2, 0) is 26.0 Å². The van der Waals surface area contributed by atoms with E-state index in [1.54, 1.807) is 82.1 Å². The number of nitrogens with zero attached hydrogens (tertiary/aromatic N) is 2. The molecule has 0 radical (unpaired) electrons. The number of furan rings is 1. The molecule has 0 saturated carbocycles. The Morgan fingerprint density at radius 1 is 0.979 bits per heavy atom. The topological polar surface area (TPSA) is 133 Å². The smallest absolute Gasteiger partial charge is 0.407 e. The molecule has 1 unspecified atom stereocenters. The fourth-order valence-corrected chi connectivity index (χ4v) is 7.70. The lowest BCUT2D eigenvalue weighted by molar-refractivity contribution is -0.119. The van der Waals surface area contributed by atoms with Crippen molar-refractivity contribution in [2.75, 3.05) is 11.9 Å². The molecule has 246 valence electrons. The number of nitrogens with one attached hydrogen (secondary N) is 2. The third kappa shape index (κ3) is 7.19. The highest BCUT2D eigenvalue weighted by Crippen LogP contribution is 2.45. The molecular formula is C36H34N4O6S2. The fourth-order valence-electron chi connectivity index (χ4n) is 5.30. The molecule has 6 aromatic rings. The number of alkyl carbamates (subject to hydrolysis) is 1. The zero-order valence-electron chi connectivity index (χ0n) is 26.5. The number of hydrogen-bond donors (Lipinski definition) is 2. The van der Waals surface area contributed by atoms with Crippen LogP contribution in [-0.4, -0.2) is 41.5 Å². The first kappa shape index (κ1) is 32.7. The lowest BCUT2D eigenvalue weighted by Gasteiger charge is -2.22. The van der Waals surface area contributed by atoms with Crippen molar-refractivity contribution in [2.45, 2.75) is 37.7 Å². The number of carbonyl (C=O) groups excluding carboxylic acids is 2. The molecule has 0 aliphatic heterocycles. The summed E-state index contributed by atoms with van der Waals surface area (Å²) in [5.41, 5.74) is 2.62. The molecule has 10 nitrogen and oxygen atoms in total. The molecule has 0 fully saturated rings. The van der Waals surface area contributed by atoms with Gasteiger partial charge in [-0.1, -0.05) is 48.5 Å². The Bertz CT molecular complexity index is 2150. The molecule has 0 spiro atoms. The summed E-state index contributed by atoms with van der Waals surface area (Å²) in [5.74, 6) is -0.915. The summed E-state index contributed by atoms with van der Waals surface area (Å²) in [7, 11) is -3.97. The number of fused-ring (bicyclic) bond motifs is 1. The van der Waals surface area contributed by atoms with Gasteiger partial charge in [-0.2, -0.15) is 0 Å². The van der Waals surface area contributed by atoms with E-state index in [1.165, 1.54) is 15.3 Å². The van der Waals surface area contributed by atoms with Gasteiger partial charge >= 0.3 is 6.09 Å². The third-order valence-electron chi connectivity index (χ3n) is 7.47. The predicted molar refractivity (Wildman–Crippen MR) is 186 cm³/mol. The van der Waals surface area contributed by atoms with E-state index in [9.17, 15) is 18.0 Å². The second-order valence-electron chi connectivity index (χ2n) is 12.2. The zero-order valence-corrected chi connectivity index (χ0v) is 28.2. The summed E-state index contributed by atoms with van der Waals surface area (Å²) in [6.45, 7) is 5.38. The van der Waals surface area contributed by atoms with Crippen molar-refractivity contribution in [1.29, 1.82) is 0 Å². The number of aromatic nitrogens is 2. The molecule has 0 bridgehead atoms. The van der Waals surface area contributed by atoms with Gasteiger partial charge in [-0.3, -0.25) is 4.79 Å². The van der Waals surface area contributed by atoms with Crippen molar-refractivity contribution in [3.8, 4) is 21.6 Å². The van der Waals surface area contributed by atoms with Crippen molar-refractivity contribution in [2.24, 2.45) is 5.92 Å². The number of amides is 2. The number of hydrogen-bond acceptors (Lipinski definition) is 8. The Labute approximate surface area is 282 Å². The molecule has 2 amide bonds. The van der Waals surface area contributed by atoms with E-state index in [2.05, 4.69) is 15.6 Å². The van der Waals surface area contributed by atoms with E-state index in [-0.39, 0.29) is 23.0 Å². The van der Waals surface area contributed by atoms with E-state index in [4.69, 9.17) is 9.15 Å². The van der Waals surface area contributed by atoms with Crippen molar-refractivity contribution in [3.63, 3.8) is 0 Å². The van der Waals surface area contributed by atoms with Gasteiger partial charge in [-0.25, -0.2) is 22.2 Å². The molecule has 2 aromatic carbocycles. The average Bonchev–Trinajstić information content (AvgIpc) is 3.82. The van der Waals surface area contributed by atoms with Crippen LogP contribution in [0, 0.1) is 5.92 Å². The largest absolute Gasteiger partial charge is 0.472 e. The maximum absolute atomic E-state index is 13.9. The summed E-state index contributed by atoms with van der Waals surface area (Å²) in [6, 6.07) is 25.0. The number of pyridine rings is 1. The molecule has 1 atom stereocenters. The van der Waals surface area contributed by atoms with E-state index < -0.39 is 27.6 Å². The quantitative estimate of drug-likeness (QED) is 0.152. The number of benzene rings is 2. The van der Waals surface area contributed by atoms with Gasteiger partial charge in [0.05, 0.1) is 28.3 Å². The monoisotopic (exact) mass is 682 g/mol. The van der Waals surface area contributed by atoms with Crippen LogP contribution in [0.15, 0.2) is 119 Å². The molecule has 0 saturated heterocycles. The number of ether oxygens (including phenoxy) is 1. The van der Waals surface area contributed by atoms with Crippen molar-refractivity contribution >= 4 is 49.4 Å². The Kier molecular flexibility index (Phi) is 9.20. The standard InChI is InChI=1S/C36H34N4O6S2/c1-36(2,3)46-35(42)38-21-26(19-24-11-6-4-7-12-24)34(41)39-31-20-29(32(47-31)25-16-18-45-23-25)30-22-40(33-28(30)15-10-17-37-33)48(43,44)27-13-8-5-9-14-27/h4-18,20,22-23,26H,19,21H2,1-3H3,(H,38,42)(H,39,41). The van der Waals surface area contributed by atoms with E-state index in [0.717, 1.165) is 16.0 Å². The van der Waals surface area contributed by atoms with Gasteiger partial charge in [0.1, 0.15) is 5.60 Å². The number of thiophene rings is 1. The molecular weight excluding hydrogens is 649 g/mol. The first-order valence-corrected chi connectivity index (χ1v) is 17.5. The van der Waals surface area contributed by atoms with E-state index >= 15 is 0 Å². The summed E-state index contributed by atoms with van der Waals surface area (Å²) in [6.07, 6.45) is 6.05. The molecule has 48 heavy (non-hydrogen) atoms. The Morgan fingerprint density at radius 3 is 2.40 bits per heavy atom. The number of rotatable bonds is 10. The minimum Gasteiger partial charge on any atom is -0.472 e. The first-order chi connectivity index (χ1) is 23.0. The predicted octanol–water partition coefficient (Wildman–Crippen LogP) is 7.58. The van der Waals surface area contributed by atoms with Gasteiger partial charge in [0.2, 0.25) is 5.91 Å². The minimum absolute atomic E-state index is 0.0545. The zero-order chi connectivity index (χ0) is 33.9. The minimum atomic E-state index is -3.97. The highest BCUT2D eigenvalue weighted by atomic mass is 32.2. The van der Waals surface area contributed by atoms with Crippen molar-refractivity contribution < 1.29 is 27.2 Å². The van der Waals surface area contributed by atoms with Gasteiger partial charge in [0, 0.05) is 45.9 Å². The molecule has 12 heteroatoms. The van der Waals surface area contributed by atoms with Gasteiger partial charge < -0.3 is 19.8 Å². The molecule has 0 aliphatic carbocycles. The van der Waals surface area contributed by atoms with Crippen LogP contribution >= 0.6 is 11.3 Å². The van der Waals surface area contributed by atoms with Crippen LogP contribution in [0.3, 0.4) is 0 Å². The number of anilines is 1. The third-order valence-corrected chi connectivity index (χ3v) is 10.2. The fraction of sp³-hybridized carbons (Fsp3) is 0.194. The SMILES string of the molecule is CC(C)(C)OC(=O)NCC(Cc1ccccc1)C(=O)Nc1cc(-c2cn(S(=O)(=O)c3ccccc3)c3ncccc23)c(-c2ccoc2)s1. The maximum atomic E-state index is 13.9. The van der Waals surface area contributed by atoms with Gasteiger partial charge in [0.15, 0.2) is 5.65 Å². The first-order valence-electron chi connectivity index (χ1n) is 15.2. The summed E-state index contributed by atoms with van der Waals surface area (Å²) < 4.78 is 39.6. The van der Waals surface area contributed by atoms with Crippen LogP contribution in [0.25, 0.3) is 32.6 Å². The van der Waals surface area contributed by atoms with E-state index in [1.807, 2.05) is 48.5 Å². The van der Waals surface area contributed by atoms with Crippen LogP contribution in [0.2, 0.25) is 0 Å². The molecule has 0 aliphatic rings. The second-order valence-corrected chi connectivity index (χ2v) is 15.0. The highest BCUT2D eigenvalue weighted by molar-refractivity contribution is 7.90. The summed E-state index contributed by atoms with van der Waals surface area (Å²) in [4.78, 5) is 31.7. The van der Waals surface area contributed by atoms with Crippen LogP contribution in [0.1, 0.15) is 26.3 Å². The summed E-state index contributed by atoms with van der Waals surface area (Å²) >= 11 is 1.33. The Hall–Kier alpha value is -5.20. The van der Waals surface area contributed by atoms with Crippen LogP contribution in [0.5, 0.6) is 0 Å². The Morgan fingerprint density at radius 2 is 1.71 bits per heavy atom. The molecule has 6 rings (SSSR count). The molecule has 4 aromatic heterocycles. The molecule has 4 heterocycles. The van der Waals surface area contributed by atoms with Crippen molar-refractivity contribution in [3.05, 3.63) is 115 Å². The lowest BCUT2D eigenvalue weighted by Crippen LogP contribution is -2.39. The van der Waals surface area contributed by atoms with E-state index in [0.29, 0.717) is 27.9 Å². The summed E-state index contributed by atoms with van der Waals surface area (Å²) in [5, 5.41) is 6.96. The average molecular weight is 683 g/mol. The van der Waals surface area contributed by atoms with Crippen LogP contribution in [0.4, 0.5) is 9.80 Å². The van der Waals surface area contributed by atoms with Crippen molar-refractivity contribution in [1.82, 2.24) is 14.3 Å². The maximum Gasteiger partial charge on any atom is 0.407 e. The van der Waals surface area contributed by atoms with Gasteiger partial charge in [0.25, 0.3) is 10.0 Å². The van der Waals surface area contributed by atoms with Gasteiger partial charge in [-0.15, -0.1) is 11.3 Å².